The number of halogens is 1. The van der Waals surface area contributed by atoms with Crippen molar-refractivity contribution in [3.8, 4) is 0 Å². The van der Waals surface area contributed by atoms with Crippen LogP contribution in [0.3, 0.4) is 0 Å². The minimum atomic E-state index is -0.313. The van der Waals surface area contributed by atoms with Gasteiger partial charge in [0.05, 0.1) is 19.2 Å². The Balaban J connectivity index is 2.57. The summed E-state index contributed by atoms with van der Waals surface area (Å²) >= 11 is 2.07. The maximum absolute atomic E-state index is 11.8. The Morgan fingerprint density at radius 3 is 2.65 bits per heavy atom. The SMILES string of the molecule is CON(C)C(=O)CNC(=O)c1ccccc1I. The van der Waals surface area contributed by atoms with Crippen molar-refractivity contribution in [2.75, 3.05) is 20.7 Å². The number of hydrogen-bond donors (Lipinski definition) is 1. The summed E-state index contributed by atoms with van der Waals surface area (Å²) in [5, 5.41) is 3.61. The van der Waals surface area contributed by atoms with Crippen molar-refractivity contribution in [1.29, 1.82) is 0 Å². The highest BCUT2D eigenvalue weighted by molar-refractivity contribution is 14.1. The van der Waals surface area contributed by atoms with Crippen LogP contribution < -0.4 is 5.32 Å². The van der Waals surface area contributed by atoms with E-state index in [0.717, 1.165) is 8.63 Å². The molecule has 1 aromatic carbocycles. The third-order valence-corrected chi connectivity index (χ3v) is 3.08. The molecule has 0 saturated heterocycles. The van der Waals surface area contributed by atoms with Crippen molar-refractivity contribution >= 4 is 34.4 Å². The number of hydroxylamine groups is 2. The molecule has 0 saturated carbocycles. The van der Waals surface area contributed by atoms with Crippen LogP contribution >= 0.6 is 22.6 Å². The van der Waals surface area contributed by atoms with Gasteiger partial charge in [-0.3, -0.25) is 14.4 Å². The first-order valence-corrected chi connectivity index (χ1v) is 5.97. The van der Waals surface area contributed by atoms with E-state index < -0.39 is 0 Å². The molecule has 92 valence electrons. The molecule has 1 N–H and O–H groups in total. The number of carbonyl (C=O) groups is 2. The zero-order valence-electron chi connectivity index (χ0n) is 9.57. The van der Waals surface area contributed by atoms with E-state index >= 15 is 0 Å². The molecule has 5 nitrogen and oxygen atoms in total. The number of nitrogens with zero attached hydrogens (tertiary/aromatic N) is 1. The number of carbonyl (C=O) groups excluding carboxylic acids is 2. The highest BCUT2D eigenvalue weighted by Crippen LogP contribution is 2.10. The second-order valence-corrected chi connectivity index (χ2v) is 4.40. The van der Waals surface area contributed by atoms with Crippen molar-refractivity contribution in [2.45, 2.75) is 0 Å². The van der Waals surface area contributed by atoms with Crippen molar-refractivity contribution in [3.63, 3.8) is 0 Å². The molecule has 1 rings (SSSR count). The van der Waals surface area contributed by atoms with Gasteiger partial charge >= 0.3 is 0 Å². The van der Waals surface area contributed by atoms with Gasteiger partial charge in [-0.25, -0.2) is 5.06 Å². The van der Waals surface area contributed by atoms with Crippen LogP contribution in [-0.4, -0.2) is 37.6 Å². The highest BCUT2D eigenvalue weighted by Gasteiger charge is 2.12. The fourth-order valence-corrected chi connectivity index (χ4v) is 1.74. The predicted octanol–water partition coefficient (Wildman–Crippen LogP) is 1.04. The second-order valence-electron chi connectivity index (χ2n) is 3.24. The topological polar surface area (TPSA) is 58.6 Å². The smallest absolute Gasteiger partial charge is 0.265 e. The third-order valence-electron chi connectivity index (χ3n) is 2.14. The first-order valence-electron chi connectivity index (χ1n) is 4.89. The van der Waals surface area contributed by atoms with Gasteiger partial charge in [-0.15, -0.1) is 0 Å². The van der Waals surface area contributed by atoms with Crippen LogP contribution in [-0.2, 0) is 9.63 Å². The van der Waals surface area contributed by atoms with Crippen molar-refractivity contribution in [2.24, 2.45) is 0 Å². The molecule has 6 heteroatoms. The van der Waals surface area contributed by atoms with E-state index in [0.29, 0.717) is 5.56 Å². The molecule has 0 unspecified atom stereocenters. The minimum Gasteiger partial charge on any atom is -0.343 e. The van der Waals surface area contributed by atoms with Crippen LogP contribution in [0, 0.1) is 3.57 Å². The van der Waals surface area contributed by atoms with Gasteiger partial charge in [0.25, 0.3) is 11.8 Å². The molecule has 2 amide bonds. The highest BCUT2D eigenvalue weighted by atomic mass is 127. The maximum atomic E-state index is 11.8. The molecular formula is C11H13IN2O3. The Kier molecular flexibility index (Phi) is 5.36. The lowest BCUT2D eigenvalue weighted by Crippen LogP contribution is -2.37. The van der Waals surface area contributed by atoms with Crippen LogP contribution in [0.5, 0.6) is 0 Å². The second kappa shape index (κ2) is 6.55. The van der Waals surface area contributed by atoms with Gasteiger partial charge < -0.3 is 5.32 Å². The van der Waals surface area contributed by atoms with Gasteiger partial charge in [0, 0.05) is 10.6 Å². The lowest BCUT2D eigenvalue weighted by molar-refractivity contribution is -0.167. The number of hydrogen-bond acceptors (Lipinski definition) is 3. The molecule has 0 aliphatic heterocycles. The van der Waals surface area contributed by atoms with Crippen molar-refractivity contribution < 1.29 is 14.4 Å². The van der Waals surface area contributed by atoms with E-state index in [1.807, 2.05) is 12.1 Å². The molecule has 0 atom stereocenters. The maximum Gasteiger partial charge on any atom is 0.265 e. The molecule has 0 radical (unpaired) electrons. The Hall–Kier alpha value is -1.15. The number of rotatable bonds is 4. The normalized spacial score (nSPS) is 9.82. The molecule has 0 heterocycles. The average Bonchev–Trinajstić information content (AvgIpc) is 2.35. The number of amides is 2. The summed E-state index contributed by atoms with van der Waals surface area (Å²) in [4.78, 5) is 27.8. The molecule has 0 bridgehead atoms. The summed E-state index contributed by atoms with van der Waals surface area (Å²) in [5.74, 6) is -0.584. The third kappa shape index (κ3) is 3.97. The first kappa shape index (κ1) is 13.9. The van der Waals surface area contributed by atoms with Crippen molar-refractivity contribution in [1.82, 2.24) is 10.4 Å². The fourth-order valence-electron chi connectivity index (χ4n) is 1.11. The van der Waals surface area contributed by atoms with E-state index in [-0.39, 0.29) is 18.4 Å². The van der Waals surface area contributed by atoms with E-state index in [1.165, 1.54) is 14.2 Å². The number of benzene rings is 1. The summed E-state index contributed by atoms with van der Waals surface area (Å²) in [6.07, 6.45) is 0. The van der Waals surface area contributed by atoms with Crippen LogP contribution in [0.2, 0.25) is 0 Å². The van der Waals surface area contributed by atoms with Crippen LogP contribution in [0.15, 0.2) is 24.3 Å². The quantitative estimate of drug-likeness (QED) is 0.654. The molecule has 0 aliphatic rings. The summed E-state index contributed by atoms with van der Waals surface area (Å²) in [6, 6.07) is 7.17. The van der Waals surface area contributed by atoms with Gasteiger partial charge in [0.2, 0.25) is 0 Å². The zero-order valence-corrected chi connectivity index (χ0v) is 11.7. The summed E-state index contributed by atoms with van der Waals surface area (Å²) in [6.45, 7) is -0.0891. The Morgan fingerprint density at radius 2 is 2.06 bits per heavy atom. The van der Waals surface area contributed by atoms with Crippen molar-refractivity contribution in [3.05, 3.63) is 33.4 Å². The molecule has 0 fully saturated rings. The largest absolute Gasteiger partial charge is 0.343 e. The zero-order chi connectivity index (χ0) is 12.8. The molecule has 1 aromatic rings. The van der Waals surface area contributed by atoms with E-state index in [2.05, 4.69) is 27.9 Å². The van der Waals surface area contributed by atoms with Gasteiger partial charge in [0.1, 0.15) is 0 Å². The average molecular weight is 348 g/mol. The first-order chi connectivity index (χ1) is 8.06. The van der Waals surface area contributed by atoms with Gasteiger partial charge in [0.15, 0.2) is 0 Å². The summed E-state index contributed by atoms with van der Waals surface area (Å²) < 4.78 is 0.843. The summed E-state index contributed by atoms with van der Waals surface area (Å²) in [7, 11) is 2.88. The van der Waals surface area contributed by atoms with Gasteiger partial charge in [-0.05, 0) is 34.7 Å². The number of likely N-dealkylation sites (N-methyl/N-ethyl adjacent to an activating group) is 1. The standard InChI is InChI=1S/C11H13IN2O3/c1-14(17-2)10(15)7-13-11(16)8-5-3-4-6-9(8)12/h3-6H,7H2,1-2H3,(H,13,16). The van der Waals surface area contributed by atoms with E-state index in [4.69, 9.17) is 4.84 Å². The van der Waals surface area contributed by atoms with E-state index in [1.54, 1.807) is 12.1 Å². The minimum absolute atomic E-state index is 0.0891. The Labute approximate surface area is 113 Å². The number of nitrogens with one attached hydrogen (secondary N) is 1. The fraction of sp³-hybridized carbons (Fsp3) is 0.273. The van der Waals surface area contributed by atoms with Crippen LogP contribution in [0.4, 0.5) is 0 Å². The van der Waals surface area contributed by atoms with Crippen LogP contribution in [0.1, 0.15) is 10.4 Å². The van der Waals surface area contributed by atoms with Gasteiger partial charge in [-0.1, -0.05) is 12.1 Å². The molecule has 17 heavy (non-hydrogen) atoms. The van der Waals surface area contributed by atoms with Gasteiger partial charge in [-0.2, -0.15) is 0 Å². The molecular weight excluding hydrogens is 335 g/mol. The lowest BCUT2D eigenvalue weighted by atomic mass is 10.2. The molecule has 0 aliphatic carbocycles. The lowest BCUT2D eigenvalue weighted by Gasteiger charge is -2.14. The monoisotopic (exact) mass is 348 g/mol. The van der Waals surface area contributed by atoms with Crippen LogP contribution in [0.25, 0.3) is 0 Å². The summed E-state index contributed by atoms with van der Waals surface area (Å²) in [5.41, 5.74) is 0.556. The Bertz CT molecular complexity index is 423. The molecule has 0 spiro atoms. The Morgan fingerprint density at radius 1 is 1.41 bits per heavy atom. The molecule has 0 aromatic heterocycles. The predicted molar refractivity (Wildman–Crippen MR) is 71.3 cm³/mol. The van der Waals surface area contributed by atoms with E-state index in [9.17, 15) is 9.59 Å².